The Morgan fingerprint density at radius 2 is 1.70 bits per heavy atom. The van der Waals surface area contributed by atoms with E-state index in [1.165, 1.54) is 29.5 Å². The molecule has 2 saturated carbocycles. The monoisotopic (exact) mass is 1030 g/mol. The molecule has 0 bridgehead atoms. The second-order valence-electron chi connectivity index (χ2n) is 21.6. The summed E-state index contributed by atoms with van der Waals surface area (Å²) >= 11 is 0. The number of anilines is 2. The van der Waals surface area contributed by atoms with E-state index in [-0.39, 0.29) is 34.4 Å². The Labute approximate surface area is 432 Å². The van der Waals surface area contributed by atoms with Gasteiger partial charge in [-0.1, -0.05) is 38.1 Å². The molecule has 18 heteroatoms. The number of nitro groups is 1. The van der Waals surface area contributed by atoms with Crippen LogP contribution < -0.4 is 24.4 Å². The molecule has 4 N–H and O–H groups in total. The highest BCUT2D eigenvalue weighted by molar-refractivity contribution is 7.90. The number of nitrogens with zero attached hydrogens (tertiary/aromatic N) is 6. The molecule has 3 aromatic heterocycles. The molecule has 390 valence electrons. The third kappa shape index (κ3) is 11.1. The maximum atomic E-state index is 14.1. The predicted molar refractivity (Wildman–Crippen MR) is 284 cm³/mol. The molecule has 1 spiro atoms. The van der Waals surface area contributed by atoms with Gasteiger partial charge >= 0.3 is 0 Å². The third-order valence-electron chi connectivity index (χ3n) is 16.2. The van der Waals surface area contributed by atoms with Crippen molar-refractivity contribution in [1.82, 2.24) is 29.5 Å². The van der Waals surface area contributed by atoms with Gasteiger partial charge in [0.1, 0.15) is 28.6 Å². The molecule has 5 heterocycles. The molecule has 1 atom stereocenters. The number of ether oxygens (including phenoxy) is 2. The molecular formula is C56H67N9O8S. The SMILES string of the molecule is COc1ccc(CN2CCN(C3CC4(CCN(c5ccc(C(=O)NS(=O)(=O)c6ccc(NCC7CCC(C)(O)CC7)c([N+](=O)[O-])c6)c(Oc6cnc7[nH]ccc7c6)c5)CC4)C3)C(c3ccccc3C(C)C)C2)nc1. The van der Waals surface area contributed by atoms with Crippen molar-refractivity contribution in [2.45, 2.75) is 107 Å². The summed E-state index contributed by atoms with van der Waals surface area (Å²) in [4.78, 5) is 45.1. The molecule has 17 nitrogen and oxygen atoms in total. The summed E-state index contributed by atoms with van der Waals surface area (Å²) in [6.45, 7) is 12.1. The number of nitrogens with one attached hydrogen (secondary N) is 3. The van der Waals surface area contributed by atoms with E-state index in [1.54, 1.807) is 37.7 Å². The molecule has 2 saturated heterocycles. The van der Waals surface area contributed by atoms with Crippen molar-refractivity contribution >= 4 is 44.0 Å². The number of sulfonamides is 1. The summed E-state index contributed by atoms with van der Waals surface area (Å²) in [6.07, 6.45) is 12.2. The second-order valence-corrected chi connectivity index (χ2v) is 23.3. The van der Waals surface area contributed by atoms with Gasteiger partial charge in [-0.05, 0) is 135 Å². The van der Waals surface area contributed by atoms with E-state index in [2.05, 4.69) is 83.9 Å². The van der Waals surface area contributed by atoms with Crippen molar-refractivity contribution in [3.63, 3.8) is 0 Å². The van der Waals surface area contributed by atoms with E-state index < -0.39 is 37.0 Å². The van der Waals surface area contributed by atoms with Gasteiger partial charge in [-0.15, -0.1) is 0 Å². The first-order valence-electron chi connectivity index (χ1n) is 25.9. The standard InChI is InChI=1S/C56H67N9O8S/c1-37(2)46-7-5-6-8-47(46)51-36-62(35-40-9-11-43(72-4)33-58-40)25-26-64(51)42-30-56(31-42)20-23-63(24-21-56)41-10-13-48(52(28-41)73-44-27-39-17-22-57-53(39)60-34-44)54(66)61-74(70,71)45-12-14-49(50(29-45)65(68)69)59-32-38-15-18-55(3,67)19-16-38/h5-14,17,22,27-29,33-34,37-38,42,51,59,67H,15-16,18-21,23-26,30-32,35-36H2,1-4H3,(H,57,60)(H,61,66). The molecule has 6 aromatic rings. The Bertz CT molecular complexity index is 3100. The lowest BCUT2D eigenvalue weighted by atomic mass is 9.59. The predicted octanol–water partition coefficient (Wildman–Crippen LogP) is 9.57. The van der Waals surface area contributed by atoms with E-state index >= 15 is 0 Å². The Morgan fingerprint density at radius 1 is 0.932 bits per heavy atom. The van der Waals surface area contributed by atoms with E-state index in [0.717, 1.165) is 106 Å². The van der Waals surface area contributed by atoms with Crippen molar-refractivity contribution in [3.05, 3.63) is 136 Å². The van der Waals surface area contributed by atoms with Gasteiger partial charge in [0.2, 0.25) is 0 Å². The Hall–Kier alpha value is -6.60. The first-order chi connectivity index (χ1) is 35.5. The maximum Gasteiger partial charge on any atom is 0.293 e. The van der Waals surface area contributed by atoms with Crippen LogP contribution >= 0.6 is 0 Å². The first-order valence-corrected chi connectivity index (χ1v) is 27.4. The number of piperazine rings is 1. The van der Waals surface area contributed by atoms with Crippen molar-refractivity contribution in [2.24, 2.45) is 11.3 Å². The second kappa shape index (κ2) is 21.0. The lowest BCUT2D eigenvalue weighted by Gasteiger charge is -2.58. The lowest BCUT2D eigenvalue weighted by Crippen LogP contribution is -2.60. The van der Waals surface area contributed by atoms with E-state index in [9.17, 15) is 28.4 Å². The maximum absolute atomic E-state index is 14.1. The largest absolute Gasteiger partial charge is 0.495 e. The number of pyridine rings is 2. The van der Waals surface area contributed by atoms with Crippen LogP contribution in [0.4, 0.5) is 17.1 Å². The number of hydrogen-bond acceptors (Lipinski definition) is 14. The molecule has 2 aliphatic carbocycles. The van der Waals surface area contributed by atoms with Gasteiger partial charge in [0.25, 0.3) is 21.6 Å². The van der Waals surface area contributed by atoms with Crippen LogP contribution in [0, 0.1) is 21.4 Å². The molecule has 10 rings (SSSR count). The zero-order valence-corrected chi connectivity index (χ0v) is 43.4. The number of piperidine rings is 1. The molecular weight excluding hydrogens is 959 g/mol. The van der Waals surface area contributed by atoms with Gasteiger partial charge in [0.05, 0.1) is 46.2 Å². The van der Waals surface area contributed by atoms with E-state index in [0.29, 0.717) is 42.7 Å². The Kier molecular flexibility index (Phi) is 14.4. The fourth-order valence-electron chi connectivity index (χ4n) is 11.8. The summed E-state index contributed by atoms with van der Waals surface area (Å²) in [5.41, 5.74) is 4.56. The van der Waals surface area contributed by atoms with Crippen molar-refractivity contribution in [1.29, 1.82) is 0 Å². The zero-order valence-electron chi connectivity index (χ0n) is 42.6. The Morgan fingerprint density at radius 3 is 2.43 bits per heavy atom. The fraction of sp³-hybridized carbons (Fsp3) is 0.446. The number of benzene rings is 3. The number of hydrogen-bond donors (Lipinski definition) is 4. The van der Waals surface area contributed by atoms with Crippen LogP contribution in [-0.4, -0.2) is 107 Å². The van der Waals surface area contributed by atoms with Crippen LogP contribution in [0.3, 0.4) is 0 Å². The molecule has 1 amide bonds. The summed E-state index contributed by atoms with van der Waals surface area (Å²) in [5.74, 6) is 0.901. The van der Waals surface area contributed by atoms with Gasteiger partial charge in [-0.2, -0.15) is 0 Å². The van der Waals surface area contributed by atoms with Crippen molar-refractivity contribution < 1.29 is 32.7 Å². The molecule has 4 aliphatic rings. The minimum Gasteiger partial charge on any atom is -0.495 e. The summed E-state index contributed by atoms with van der Waals surface area (Å²) in [5, 5.41) is 26.5. The van der Waals surface area contributed by atoms with E-state index in [1.807, 2.05) is 25.1 Å². The van der Waals surface area contributed by atoms with Crippen LogP contribution in [0.2, 0.25) is 0 Å². The number of carbonyl (C=O) groups excluding carboxylic acids is 1. The van der Waals surface area contributed by atoms with Crippen LogP contribution in [0.25, 0.3) is 11.0 Å². The zero-order chi connectivity index (χ0) is 51.8. The lowest BCUT2D eigenvalue weighted by molar-refractivity contribution is -0.384. The number of methoxy groups -OCH3 is 1. The van der Waals surface area contributed by atoms with Crippen LogP contribution in [0.5, 0.6) is 17.2 Å². The molecule has 0 radical (unpaired) electrons. The number of amides is 1. The third-order valence-corrected chi connectivity index (χ3v) is 17.5. The minimum absolute atomic E-state index is 0.0324. The topological polar surface area (TPSA) is 208 Å². The van der Waals surface area contributed by atoms with Crippen LogP contribution in [-0.2, 0) is 16.6 Å². The average Bonchev–Trinajstić information content (AvgIpc) is 3.86. The van der Waals surface area contributed by atoms with Gasteiger partial charge in [0.15, 0.2) is 0 Å². The van der Waals surface area contributed by atoms with Gasteiger partial charge in [0, 0.05) is 87.3 Å². The average molecular weight is 1030 g/mol. The van der Waals surface area contributed by atoms with Crippen LogP contribution in [0.1, 0.15) is 111 Å². The number of fused-ring (bicyclic) bond motifs is 1. The smallest absolute Gasteiger partial charge is 0.293 e. The highest BCUT2D eigenvalue weighted by atomic mass is 32.2. The number of rotatable bonds is 16. The molecule has 3 aromatic carbocycles. The number of aliphatic hydroxyl groups is 1. The van der Waals surface area contributed by atoms with Gasteiger partial charge in [-0.25, -0.2) is 18.1 Å². The number of carbonyl (C=O) groups is 1. The number of aromatic amines is 1. The van der Waals surface area contributed by atoms with Crippen molar-refractivity contribution in [3.8, 4) is 17.2 Å². The summed E-state index contributed by atoms with van der Waals surface area (Å²) in [6, 6.07) is 26.1. The van der Waals surface area contributed by atoms with Crippen molar-refractivity contribution in [2.75, 3.05) is 56.6 Å². The fourth-order valence-corrected chi connectivity index (χ4v) is 12.8. The van der Waals surface area contributed by atoms with Gasteiger partial charge in [-0.3, -0.25) is 29.7 Å². The van der Waals surface area contributed by atoms with E-state index in [4.69, 9.17) is 9.47 Å². The highest BCUT2D eigenvalue weighted by Gasteiger charge is 2.50. The highest BCUT2D eigenvalue weighted by Crippen LogP contribution is 2.53. The Balaban J connectivity index is 0.830. The normalized spacial score (nSPS) is 21.6. The number of nitro benzene ring substituents is 1. The molecule has 2 aliphatic heterocycles. The van der Waals surface area contributed by atoms with Gasteiger partial charge < -0.3 is 29.8 Å². The molecule has 74 heavy (non-hydrogen) atoms. The minimum atomic E-state index is -4.59. The molecule has 1 unspecified atom stereocenters. The number of H-pyrrole nitrogens is 1. The summed E-state index contributed by atoms with van der Waals surface area (Å²) < 4.78 is 41.6. The quantitative estimate of drug-likeness (QED) is 0.0526. The summed E-state index contributed by atoms with van der Waals surface area (Å²) in [7, 11) is -2.93. The van der Waals surface area contributed by atoms with Crippen LogP contribution in [0.15, 0.2) is 108 Å². The first kappa shape index (κ1) is 50.9. The number of aromatic nitrogens is 3. The molecule has 4 fully saturated rings.